The molecule has 1 saturated heterocycles. The fourth-order valence-electron chi connectivity index (χ4n) is 3.46. The van der Waals surface area contributed by atoms with Gasteiger partial charge >= 0.3 is 0 Å². The van der Waals surface area contributed by atoms with E-state index < -0.39 is 0 Å². The standard InChI is InChI=1S/C17H34N2/c1-3-4-5-6-9-15(2)19(17-11-12-17)14-16-10-7-8-13-18-16/h15-18H,3-14H2,1-2H3. The summed E-state index contributed by atoms with van der Waals surface area (Å²) in [4.78, 5) is 2.83. The second kappa shape index (κ2) is 8.26. The highest BCUT2D eigenvalue weighted by molar-refractivity contribution is 4.90. The topological polar surface area (TPSA) is 15.3 Å². The van der Waals surface area contributed by atoms with E-state index in [1.807, 2.05) is 0 Å². The molecule has 0 spiro atoms. The maximum atomic E-state index is 3.72. The summed E-state index contributed by atoms with van der Waals surface area (Å²) in [5.41, 5.74) is 0. The minimum atomic E-state index is 0.771. The van der Waals surface area contributed by atoms with Crippen molar-refractivity contribution < 1.29 is 0 Å². The fourth-order valence-corrected chi connectivity index (χ4v) is 3.46. The molecule has 2 rings (SSSR count). The highest BCUT2D eigenvalue weighted by Crippen LogP contribution is 2.30. The van der Waals surface area contributed by atoms with Crippen molar-refractivity contribution in [3.05, 3.63) is 0 Å². The average Bonchev–Trinajstić information content (AvgIpc) is 3.26. The number of hydrogen-bond acceptors (Lipinski definition) is 2. The Labute approximate surface area is 120 Å². The van der Waals surface area contributed by atoms with Crippen LogP contribution in [0.1, 0.15) is 78.1 Å². The van der Waals surface area contributed by atoms with Gasteiger partial charge in [-0.2, -0.15) is 0 Å². The van der Waals surface area contributed by atoms with Crippen molar-refractivity contribution in [1.29, 1.82) is 0 Å². The first-order valence-corrected chi connectivity index (χ1v) is 8.80. The van der Waals surface area contributed by atoms with Crippen LogP contribution in [0, 0.1) is 0 Å². The van der Waals surface area contributed by atoms with Gasteiger partial charge in [0.1, 0.15) is 0 Å². The zero-order valence-electron chi connectivity index (χ0n) is 13.2. The molecule has 1 aliphatic carbocycles. The Morgan fingerprint density at radius 2 is 1.95 bits per heavy atom. The Morgan fingerprint density at radius 1 is 1.11 bits per heavy atom. The molecule has 0 bridgehead atoms. The summed E-state index contributed by atoms with van der Waals surface area (Å²) in [6, 6.07) is 2.49. The maximum Gasteiger partial charge on any atom is 0.0195 e. The molecule has 0 radical (unpaired) electrons. The Hall–Kier alpha value is -0.0800. The summed E-state index contributed by atoms with van der Waals surface area (Å²) in [5.74, 6) is 0. The number of rotatable bonds is 9. The summed E-state index contributed by atoms with van der Waals surface area (Å²) >= 11 is 0. The molecular formula is C17H34N2. The summed E-state index contributed by atoms with van der Waals surface area (Å²) < 4.78 is 0. The number of nitrogens with one attached hydrogen (secondary N) is 1. The van der Waals surface area contributed by atoms with Gasteiger partial charge in [0, 0.05) is 24.7 Å². The van der Waals surface area contributed by atoms with Crippen LogP contribution >= 0.6 is 0 Å². The van der Waals surface area contributed by atoms with Gasteiger partial charge in [0.15, 0.2) is 0 Å². The first-order valence-electron chi connectivity index (χ1n) is 8.80. The summed E-state index contributed by atoms with van der Waals surface area (Å²) in [5, 5.41) is 3.72. The van der Waals surface area contributed by atoms with Gasteiger partial charge in [0.05, 0.1) is 0 Å². The number of nitrogens with zero attached hydrogens (tertiary/aromatic N) is 1. The predicted octanol–water partition coefficient (Wildman–Crippen LogP) is 3.95. The van der Waals surface area contributed by atoms with Gasteiger partial charge < -0.3 is 5.32 Å². The van der Waals surface area contributed by atoms with E-state index in [1.54, 1.807) is 0 Å². The lowest BCUT2D eigenvalue weighted by Crippen LogP contribution is -2.47. The molecule has 2 atom stereocenters. The van der Waals surface area contributed by atoms with Crippen LogP contribution in [0.2, 0.25) is 0 Å². The first-order chi connectivity index (χ1) is 9.31. The largest absolute Gasteiger partial charge is 0.313 e. The number of hydrogen-bond donors (Lipinski definition) is 1. The van der Waals surface area contributed by atoms with Crippen LogP contribution in [0.25, 0.3) is 0 Å². The van der Waals surface area contributed by atoms with Gasteiger partial charge in [-0.1, -0.05) is 39.0 Å². The van der Waals surface area contributed by atoms with Crippen molar-refractivity contribution in [3.8, 4) is 0 Å². The Balaban J connectivity index is 1.71. The Morgan fingerprint density at radius 3 is 2.58 bits per heavy atom. The SMILES string of the molecule is CCCCCCC(C)N(CC1CCCCN1)C1CC1. The quantitative estimate of drug-likeness (QED) is 0.636. The van der Waals surface area contributed by atoms with Crippen LogP contribution in [-0.2, 0) is 0 Å². The van der Waals surface area contributed by atoms with Gasteiger partial charge in [-0.25, -0.2) is 0 Å². The summed E-state index contributed by atoms with van der Waals surface area (Å²) in [6.45, 7) is 7.31. The highest BCUT2D eigenvalue weighted by atomic mass is 15.2. The lowest BCUT2D eigenvalue weighted by atomic mass is 10.0. The number of unbranched alkanes of at least 4 members (excludes halogenated alkanes) is 3. The van der Waals surface area contributed by atoms with E-state index in [9.17, 15) is 0 Å². The van der Waals surface area contributed by atoms with Crippen molar-refractivity contribution >= 4 is 0 Å². The van der Waals surface area contributed by atoms with Crippen molar-refractivity contribution in [2.24, 2.45) is 0 Å². The lowest BCUT2D eigenvalue weighted by Gasteiger charge is -2.34. The third-order valence-corrected chi connectivity index (χ3v) is 4.90. The van der Waals surface area contributed by atoms with Crippen LogP contribution in [0.5, 0.6) is 0 Å². The summed E-state index contributed by atoms with van der Waals surface area (Å²) in [7, 11) is 0. The van der Waals surface area contributed by atoms with Gasteiger partial charge in [-0.05, 0) is 45.6 Å². The molecule has 1 saturated carbocycles. The average molecular weight is 266 g/mol. The first kappa shape index (κ1) is 15.3. The molecule has 2 heteroatoms. The minimum absolute atomic E-state index is 0.771. The van der Waals surface area contributed by atoms with E-state index in [1.165, 1.54) is 77.3 Å². The molecule has 1 aliphatic heterocycles. The van der Waals surface area contributed by atoms with Gasteiger partial charge in [-0.3, -0.25) is 4.90 Å². The van der Waals surface area contributed by atoms with Gasteiger partial charge in [0.2, 0.25) is 0 Å². The van der Waals surface area contributed by atoms with Gasteiger partial charge in [0.25, 0.3) is 0 Å². The smallest absolute Gasteiger partial charge is 0.0195 e. The van der Waals surface area contributed by atoms with Crippen molar-refractivity contribution in [3.63, 3.8) is 0 Å². The normalized spacial score (nSPS) is 25.7. The molecule has 2 nitrogen and oxygen atoms in total. The van der Waals surface area contributed by atoms with E-state index in [4.69, 9.17) is 0 Å². The second-order valence-electron chi connectivity index (χ2n) is 6.77. The molecule has 112 valence electrons. The van der Waals surface area contributed by atoms with Crippen molar-refractivity contribution in [2.75, 3.05) is 13.1 Å². The van der Waals surface area contributed by atoms with E-state index in [-0.39, 0.29) is 0 Å². The van der Waals surface area contributed by atoms with Crippen molar-refractivity contribution in [1.82, 2.24) is 10.2 Å². The lowest BCUT2D eigenvalue weighted by molar-refractivity contribution is 0.157. The van der Waals surface area contributed by atoms with E-state index in [2.05, 4.69) is 24.1 Å². The monoisotopic (exact) mass is 266 g/mol. The van der Waals surface area contributed by atoms with Crippen LogP contribution < -0.4 is 5.32 Å². The number of piperidine rings is 1. The summed E-state index contributed by atoms with van der Waals surface area (Å²) in [6.07, 6.45) is 14.1. The van der Waals surface area contributed by atoms with Crippen LogP contribution in [0.4, 0.5) is 0 Å². The molecule has 0 aromatic heterocycles. The molecular weight excluding hydrogens is 232 g/mol. The van der Waals surface area contributed by atoms with Crippen molar-refractivity contribution in [2.45, 2.75) is 96.2 Å². The zero-order valence-corrected chi connectivity index (χ0v) is 13.2. The third kappa shape index (κ3) is 5.43. The highest BCUT2D eigenvalue weighted by Gasteiger charge is 2.33. The molecule has 19 heavy (non-hydrogen) atoms. The zero-order chi connectivity index (χ0) is 13.5. The minimum Gasteiger partial charge on any atom is -0.313 e. The van der Waals surface area contributed by atoms with Crippen LogP contribution in [0.15, 0.2) is 0 Å². The van der Waals surface area contributed by atoms with Gasteiger partial charge in [-0.15, -0.1) is 0 Å². The van der Waals surface area contributed by atoms with E-state index in [0.717, 1.165) is 18.1 Å². The molecule has 0 aromatic carbocycles. The predicted molar refractivity (Wildman–Crippen MR) is 83.6 cm³/mol. The molecule has 0 amide bonds. The molecule has 1 N–H and O–H groups in total. The maximum absolute atomic E-state index is 3.72. The Kier molecular flexibility index (Phi) is 6.66. The second-order valence-corrected chi connectivity index (χ2v) is 6.77. The molecule has 2 unspecified atom stereocenters. The van der Waals surface area contributed by atoms with Crippen LogP contribution in [-0.4, -0.2) is 36.1 Å². The molecule has 0 aromatic rings. The van der Waals surface area contributed by atoms with E-state index in [0.29, 0.717) is 0 Å². The van der Waals surface area contributed by atoms with E-state index >= 15 is 0 Å². The molecule has 2 aliphatic rings. The molecule has 2 fully saturated rings. The third-order valence-electron chi connectivity index (χ3n) is 4.90. The van der Waals surface area contributed by atoms with Crippen LogP contribution in [0.3, 0.4) is 0 Å². The molecule has 1 heterocycles. The fraction of sp³-hybridized carbons (Fsp3) is 1.00. The Bertz CT molecular complexity index is 231.